The summed E-state index contributed by atoms with van der Waals surface area (Å²) in [5.41, 5.74) is 4.31. The topological polar surface area (TPSA) is 54.0 Å². The van der Waals surface area contributed by atoms with Crippen molar-refractivity contribution in [2.24, 2.45) is 0 Å². The second kappa shape index (κ2) is 8.38. The van der Waals surface area contributed by atoms with E-state index in [9.17, 15) is 13.6 Å². The fourth-order valence-electron chi connectivity index (χ4n) is 4.32. The maximum absolute atomic E-state index is 13.4. The number of pyridine rings is 1. The van der Waals surface area contributed by atoms with Crippen molar-refractivity contribution in [1.82, 2.24) is 4.98 Å². The Morgan fingerprint density at radius 2 is 1.78 bits per heavy atom. The van der Waals surface area contributed by atoms with E-state index in [0.29, 0.717) is 5.69 Å². The summed E-state index contributed by atoms with van der Waals surface area (Å²) in [5, 5.41) is 7.15. The van der Waals surface area contributed by atoms with Crippen LogP contribution in [-0.2, 0) is 17.6 Å². The largest absolute Gasteiger partial charge is 0.363 e. The number of carbonyl (C=O) groups is 1. The molecule has 1 aromatic heterocycles. The normalized spacial score (nSPS) is 14.9. The molecule has 0 spiro atoms. The Morgan fingerprint density at radius 1 is 0.969 bits per heavy atom. The van der Waals surface area contributed by atoms with E-state index < -0.39 is 11.6 Å². The number of hydrogen-bond acceptors (Lipinski definition) is 3. The highest BCUT2D eigenvalue weighted by Crippen LogP contribution is 2.34. The van der Waals surface area contributed by atoms with Gasteiger partial charge < -0.3 is 10.6 Å². The number of carbonyl (C=O) groups excluding carboxylic acids is 1. The molecule has 2 N–H and O–H groups in total. The number of anilines is 2. The minimum absolute atomic E-state index is 0.126. The van der Waals surface area contributed by atoms with Crippen LogP contribution in [0, 0.1) is 11.6 Å². The lowest BCUT2D eigenvalue weighted by Crippen LogP contribution is -2.15. The van der Waals surface area contributed by atoms with E-state index in [-0.39, 0.29) is 23.9 Å². The Morgan fingerprint density at radius 3 is 2.62 bits per heavy atom. The molecule has 0 unspecified atom stereocenters. The molecule has 1 heterocycles. The number of nitrogens with zero attached hydrogens (tertiary/aromatic N) is 1. The van der Waals surface area contributed by atoms with Crippen molar-refractivity contribution in [2.75, 3.05) is 10.6 Å². The minimum atomic E-state index is -0.702. The highest BCUT2D eigenvalue weighted by atomic mass is 19.1. The van der Waals surface area contributed by atoms with Gasteiger partial charge in [0.15, 0.2) is 0 Å². The third-order valence-corrected chi connectivity index (χ3v) is 5.75. The van der Waals surface area contributed by atoms with Gasteiger partial charge in [-0.05, 0) is 65.9 Å². The van der Waals surface area contributed by atoms with E-state index in [0.717, 1.165) is 47.8 Å². The number of hydrogen-bond donors (Lipinski definition) is 2. The molecular formula is C26H21F2N3O. The molecular weight excluding hydrogens is 408 g/mol. The number of nitrogens with one attached hydrogen (secondary N) is 2. The van der Waals surface area contributed by atoms with Gasteiger partial charge >= 0.3 is 0 Å². The number of amides is 1. The molecule has 0 aliphatic heterocycles. The van der Waals surface area contributed by atoms with Gasteiger partial charge in [-0.3, -0.25) is 4.79 Å². The number of benzene rings is 3. The molecule has 0 radical (unpaired) electrons. The molecule has 32 heavy (non-hydrogen) atoms. The Bertz CT molecular complexity index is 1300. The molecule has 0 bridgehead atoms. The van der Waals surface area contributed by atoms with Crippen LogP contribution >= 0.6 is 0 Å². The Balaban J connectivity index is 1.33. The average Bonchev–Trinajstić information content (AvgIpc) is 3.16. The van der Waals surface area contributed by atoms with Gasteiger partial charge in [-0.2, -0.15) is 0 Å². The SMILES string of the molecule is O=C(Cc1cc(F)cc(F)c1)Nc1cccc2nc(N[C@@H]3CCc4ccccc43)ccc12. The molecule has 5 rings (SSSR count). The maximum atomic E-state index is 13.4. The fourth-order valence-corrected chi connectivity index (χ4v) is 4.32. The number of aryl methyl sites for hydroxylation is 1. The fraction of sp³-hybridized carbons (Fsp3) is 0.154. The lowest BCUT2D eigenvalue weighted by atomic mass is 10.1. The highest BCUT2D eigenvalue weighted by molar-refractivity contribution is 6.01. The monoisotopic (exact) mass is 429 g/mol. The summed E-state index contributed by atoms with van der Waals surface area (Å²) in [6.07, 6.45) is 1.95. The van der Waals surface area contributed by atoms with Gasteiger partial charge in [-0.25, -0.2) is 13.8 Å². The Hall–Kier alpha value is -3.80. The molecule has 3 aromatic carbocycles. The van der Waals surface area contributed by atoms with Crippen LogP contribution in [0.3, 0.4) is 0 Å². The first-order valence-corrected chi connectivity index (χ1v) is 10.5. The van der Waals surface area contributed by atoms with Gasteiger partial charge in [0.05, 0.1) is 23.7 Å². The van der Waals surface area contributed by atoms with E-state index in [4.69, 9.17) is 4.98 Å². The van der Waals surface area contributed by atoms with Crippen LogP contribution in [0.25, 0.3) is 10.9 Å². The van der Waals surface area contributed by atoms with E-state index >= 15 is 0 Å². The first-order chi connectivity index (χ1) is 15.5. The van der Waals surface area contributed by atoms with Crippen LogP contribution in [0.2, 0.25) is 0 Å². The molecule has 1 aliphatic carbocycles. The van der Waals surface area contributed by atoms with E-state index in [1.54, 1.807) is 6.07 Å². The molecule has 6 heteroatoms. The van der Waals surface area contributed by atoms with Crippen molar-refractivity contribution >= 4 is 28.3 Å². The summed E-state index contributed by atoms with van der Waals surface area (Å²) in [6.45, 7) is 0. The Kier molecular flexibility index (Phi) is 5.27. The second-order valence-electron chi connectivity index (χ2n) is 8.01. The lowest BCUT2D eigenvalue weighted by molar-refractivity contribution is -0.115. The predicted octanol–water partition coefficient (Wildman–Crippen LogP) is 5.79. The summed E-state index contributed by atoms with van der Waals surface area (Å²) >= 11 is 0. The zero-order valence-corrected chi connectivity index (χ0v) is 17.2. The van der Waals surface area contributed by atoms with Crippen LogP contribution in [0.5, 0.6) is 0 Å². The van der Waals surface area contributed by atoms with Crippen molar-refractivity contribution < 1.29 is 13.6 Å². The molecule has 1 amide bonds. The molecule has 0 saturated heterocycles. The number of aromatic nitrogens is 1. The zero-order chi connectivity index (χ0) is 22.1. The van der Waals surface area contributed by atoms with Gasteiger partial charge in [0.2, 0.25) is 5.91 Å². The summed E-state index contributed by atoms with van der Waals surface area (Å²) < 4.78 is 26.8. The summed E-state index contributed by atoms with van der Waals surface area (Å²) in [5.74, 6) is -0.982. The van der Waals surface area contributed by atoms with Crippen molar-refractivity contribution in [3.8, 4) is 0 Å². The van der Waals surface area contributed by atoms with Gasteiger partial charge in [-0.15, -0.1) is 0 Å². The van der Waals surface area contributed by atoms with Gasteiger partial charge in [-0.1, -0.05) is 30.3 Å². The predicted molar refractivity (Wildman–Crippen MR) is 122 cm³/mol. The van der Waals surface area contributed by atoms with Crippen molar-refractivity contribution in [3.63, 3.8) is 0 Å². The standard InChI is InChI=1S/C26H21F2N3O/c27-18-12-16(13-19(28)15-18)14-26(32)31-23-7-3-6-22-21(23)9-11-25(29-22)30-24-10-8-17-4-1-2-5-20(17)24/h1-7,9,11-13,15,24H,8,10,14H2,(H,29,30)(H,31,32)/t24-/m1/s1. The molecule has 160 valence electrons. The van der Waals surface area contributed by atoms with Crippen LogP contribution in [0.1, 0.15) is 29.2 Å². The third-order valence-electron chi connectivity index (χ3n) is 5.75. The smallest absolute Gasteiger partial charge is 0.228 e. The molecule has 0 saturated carbocycles. The molecule has 1 atom stereocenters. The zero-order valence-electron chi connectivity index (χ0n) is 17.2. The van der Waals surface area contributed by atoms with Crippen molar-refractivity contribution in [2.45, 2.75) is 25.3 Å². The number of halogens is 2. The van der Waals surface area contributed by atoms with Gasteiger partial charge in [0, 0.05) is 11.5 Å². The van der Waals surface area contributed by atoms with E-state index in [2.05, 4.69) is 34.9 Å². The highest BCUT2D eigenvalue weighted by Gasteiger charge is 2.22. The molecule has 1 aliphatic rings. The summed E-state index contributed by atoms with van der Waals surface area (Å²) in [6, 6.07) is 21.1. The van der Waals surface area contributed by atoms with E-state index in [1.165, 1.54) is 11.1 Å². The Labute approximate surface area is 184 Å². The molecule has 4 nitrogen and oxygen atoms in total. The third kappa shape index (κ3) is 4.17. The first kappa shape index (κ1) is 20.1. The summed E-state index contributed by atoms with van der Waals surface area (Å²) in [4.78, 5) is 17.2. The maximum Gasteiger partial charge on any atom is 0.228 e. The second-order valence-corrected chi connectivity index (χ2v) is 8.01. The summed E-state index contributed by atoms with van der Waals surface area (Å²) in [7, 11) is 0. The van der Waals surface area contributed by atoms with Gasteiger partial charge in [0.25, 0.3) is 0 Å². The van der Waals surface area contributed by atoms with E-state index in [1.807, 2.05) is 24.3 Å². The molecule has 0 fully saturated rings. The van der Waals surface area contributed by atoms with Crippen LogP contribution < -0.4 is 10.6 Å². The minimum Gasteiger partial charge on any atom is -0.363 e. The van der Waals surface area contributed by atoms with Crippen LogP contribution in [0.4, 0.5) is 20.3 Å². The van der Waals surface area contributed by atoms with Crippen LogP contribution in [0.15, 0.2) is 72.8 Å². The van der Waals surface area contributed by atoms with Gasteiger partial charge in [0.1, 0.15) is 17.5 Å². The molecule has 4 aromatic rings. The quantitative estimate of drug-likeness (QED) is 0.422. The number of rotatable bonds is 5. The first-order valence-electron chi connectivity index (χ1n) is 10.5. The van der Waals surface area contributed by atoms with Crippen molar-refractivity contribution in [3.05, 3.63) is 101 Å². The van der Waals surface area contributed by atoms with Crippen LogP contribution in [-0.4, -0.2) is 10.9 Å². The average molecular weight is 429 g/mol. The lowest BCUT2D eigenvalue weighted by Gasteiger charge is -2.16. The number of fused-ring (bicyclic) bond motifs is 2. The van der Waals surface area contributed by atoms with Crippen molar-refractivity contribution in [1.29, 1.82) is 0 Å².